The molecule has 0 aliphatic carbocycles. The summed E-state index contributed by atoms with van der Waals surface area (Å²) in [6.45, 7) is 13.4. The third-order valence-corrected chi connectivity index (χ3v) is 7.63. The number of hydrogen-bond donors (Lipinski definition) is 2. The minimum atomic E-state index is -0.827. The van der Waals surface area contributed by atoms with Crippen molar-refractivity contribution in [3.8, 4) is 11.5 Å². The molecule has 1 fully saturated rings. The first kappa shape index (κ1) is 30.0. The van der Waals surface area contributed by atoms with Gasteiger partial charge < -0.3 is 25.2 Å². The molecule has 0 radical (unpaired) electrons. The van der Waals surface area contributed by atoms with Crippen LogP contribution < -0.4 is 15.2 Å². The quantitative estimate of drug-likeness (QED) is 0.267. The molecule has 2 aliphatic heterocycles. The van der Waals surface area contributed by atoms with Crippen molar-refractivity contribution < 1.29 is 24.2 Å². The number of ether oxygens (including phenoxy) is 2. The monoisotopic (exact) mass is 529 g/mol. The van der Waals surface area contributed by atoms with E-state index in [0.29, 0.717) is 37.6 Å². The molecule has 0 bridgehead atoms. The molecule has 3 atom stereocenters. The van der Waals surface area contributed by atoms with Crippen molar-refractivity contribution in [2.45, 2.75) is 78.7 Å². The lowest BCUT2D eigenvalue weighted by Gasteiger charge is -2.34. The molecule has 0 saturated carbocycles. The van der Waals surface area contributed by atoms with Crippen LogP contribution in [0.15, 0.2) is 29.8 Å². The Morgan fingerprint density at radius 1 is 1.16 bits per heavy atom. The standard InChI is InChI=1S/C30H47N3O5/c1-6-7-13-32(14-9-8-12-31)27(34)19-33-18-23(22-10-11-25-26(15-22)38-20-37-25)28(29(35)36)24(33)17-30(4,5)16-21(2)3/h10-11,15-16,23-24,28H,6-9,12-14,17-20,31H2,1-5H3,(H,35,36)/t23-,24+,28?/m1/s1. The van der Waals surface area contributed by atoms with Gasteiger partial charge >= 0.3 is 5.97 Å². The molecule has 3 N–H and O–H groups in total. The number of likely N-dealkylation sites (tertiary alicyclic amines) is 1. The van der Waals surface area contributed by atoms with Gasteiger partial charge in [-0.3, -0.25) is 14.5 Å². The van der Waals surface area contributed by atoms with Gasteiger partial charge in [0, 0.05) is 31.6 Å². The minimum Gasteiger partial charge on any atom is -0.481 e. The number of nitrogens with two attached hydrogens (primary N) is 1. The number of carboxylic acid groups (broad SMARTS) is 1. The van der Waals surface area contributed by atoms with Gasteiger partial charge in [-0.1, -0.05) is 44.9 Å². The van der Waals surface area contributed by atoms with E-state index in [9.17, 15) is 14.7 Å². The first-order chi connectivity index (χ1) is 18.1. The predicted octanol–water partition coefficient (Wildman–Crippen LogP) is 4.63. The highest BCUT2D eigenvalue weighted by atomic mass is 16.7. The Morgan fingerprint density at radius 2 is 1.87 bits per heavy atom. The average molecular weight is 530 g/mol. The Kier molecular flexibility index (Phi) is 10.6. The molecular formula is C30H47N3O5. The third-order valence-electron chi connectivity index (χ3n) is 7.63. The van der Waals surface area contributed by atoms with E-state index in [2.05, 4.69) is 45.6 Å². The summed E-state index contributed by atoms with van der Waals surface area (Å²) in [5.74, 6) is -0.343. The lowest BCUT2D eigenvalue weighted by atomic mass is 9.77. The number of carboxylic acids is 1. The number of carbonyl (C=O) groups excluding carboxylic acids is 1. The molecule has 3 rings (SSSR count). The first-order valence-corrected chi connectivity index (χ1v) is 14.1. The molecule has 2 heterocycles. The van der Waals surface area contributed by atoms with Crippen LogP contribution in [0.2, 0.25) is 0 Å². The molecule has 1 aromatic carbocycles. The summed E-state index contributed by atoms with van der Waals surface area (Å²) < 4.78 is 11.1. The summed E-state index contributed by atoms with van der Waals surface area (Å²) in [4.78, 5) is 30.5. The number of unbranched alkanes of at least 4 members (excludes halogenated alkanes) is 2. The van der Waals surface area contributed by atoms with Gasteiger partial charge in [-0.15, -0.1) is 0 Å². The fraction of sp³-hybridized carbons (Fsp3) is 0.667. The largest absolute Gasteiger partial charge is 0.481 e. The van der Waals surface area contributed by atoms with Crippen molar-refractivity contribution in [3.63, 3.8) is 0 Å². The van der Waals surface area contributed by atoms with Crippen molar-refractivity contribution in [2.75, 3.05) is 39.5 Å². The summed E-state index contributed by atoms with van der Waals surface area (Å²) in [6.07, 6.45) is 6.57. The Balaban J connectivity index is 1.92. The van der Waals surface area contributed by atoms with E-state index in [4.69, 9.17) is 15.2 Å². The second-order valence-corrected chi connectivity index (χ2v) is 11.7. The number of rotatable bonds is 14. The maximum Gasteiger partial charge on any atom is 0.308 e. The number of fused-ring (bicyclic) bond motifs is 1. The molecule has 8 heteroatoms. The Labute approximate surface area is 228 Å². The number of hydrogen-bond acceptors (Lipinski definition) is 6. The zero-order valence-electron chi connectivity index (χ0n) is 23.9. The van der Waals surface area contributed by atoms with E-state index in [-0.39, 0.29) is 36.6 Å². The number of amides is 1. The summed E-state index contributed by atoms with van der Waals surface area (Å²) in [5, 5.41) is 10.5. The zero-order chi connectivity index (χ0) is 27.9. The van der Waals surface area contributed by atoms with Crippen LogP contribution in [-0.4, -0.2) is 72.3 Å². The van der Waals surface area contributed by atoms with Crippen LogP contribution in [0, 0.1) is 11.3 Å². The van der Waals surface area contributed by atoms with Gasteiger partial charge in [0.05, 0.1) is 12.5 Å². The molecule has 1 unspecified atom stereocenters. The molecular weight excluding hydrogens is 482 g/mol. The fourth-order valence-electron chi connectivity index (χ4n) is 6.04. The van der Waals surface area contributed by atoms with Crippen LogP contribution in [0.25, 0.3) is 0 Å². The lowest BCUT2D eigenvalue weighted by Crippen LogP contribution is -2.46. The van der Waals surface area contributed by atoms with Gasteiger partial charge in [0.15, 0.2) is 11.5 Å². The number of nitrogens with zero attached hydrogens (tertiary/aromatic N) is 2. The van der Waals surface area contributed by atoms with Crippen LogP contribution in [0.1, 0.15) is 78.2 Å². The van der Waals surface area contributed by atoms with Gasteiger partial charge in [-0.25, -0.2) is 0 Å². The molecule has 2 aliphatic rings. The van der Waals surface area contributed by atoms with E-state index in [1.807, 2.05) is 23.1 Å². The van der Waals surface area contributed by atoms with Gasteiger partial charge in [-0.05, 0) is 69.2 Å². The summed E-state index contributed by atoms with van der Waals surface area (Å²) in [7, 11) is 0. The average Bonchev–Trinajstić information content (AvgIpc) is 3.44. The SMILES string of the molecule is CCCCN(CCCCN)C(=O)CN1C[C@H](c2ccc3c(c2)OCO3)C(C(=O)O)[C@@H]1CC(C)(C)C=C(C)C. The Hall–Kier alpha value is -2.58. The minimum absolute atomic E-state index is 0.0657. The van der Waals surface area contributed by atoms with E-state index in [1.165, 1.54) is 5.57 Å². The highest BCUT2D eigenvalue weighted by Gasteiger charge is 2.48. The predicted molar refractivity (Wildman–Crippen MR) is 149 cm³/mol. The molecule has 38 heavy (non-hydrogen) atoms. The maximum atomic E-state index is 13.6. The Morgan fingerprint density at radius 3 is 2.53 bits per heavy atom. The van der Waals surface area contributed by atoms with Crippen LogP contribution >= 0.6 is 0 Å². The van der Waals surface area contributed by atoms with Crippen molar-refractivity contribution >= 4 is 11.9 Å². The third kappa shape index (κ3) is 7.73. The van der Waals surface area contributed by atoms with Gasteiger partial charge in [0.2, 0.25) is 12.7 Å². The Bertz CT molecular complexity index is 988. The normalized spacial score (nSPS) is 20.9. The highest BCUT2D eigenvalue weighted by Crippen LogP contribution is 2.45. The van der Waals surface area contributed by atoms with E-state index < -0.39 is 11.9 Å². The molecule has 8 nitrogen and oxygen atoms in total. The number of aliphatic carboxylic acids is 1. The van der Waals surface area contributed by atoms with E-state index in [0.717, 1.165) is 37.8 Å². The van der Waals surface area contributed by atoms with Crippen molar-refractivity contribution in [2.24, 2.45) is 17.1 Å². The van der Waals surface area contributed by atoms with Crippen LogP contribution in [0.4, 0.5) is 0 Å². The summed E-state index contributed by atoms with van der Waals surface area (Å²) in [5.41, 5.74) is 7.58. The number of allylic oxidation sites excluding steroid dienone is 2. The molecule has 1 amide bonds. The topological polar surface area (TPSA) is 105 Å². The number of carbonyl (C=O) groups is 2. The van der Waals surface area contributed by atoms with Gasteiger partial charge in [-0.2, -0.15) is 0 Å². The molecule has 0 spiro atoms. The highest BCUT2D eigenvalue weighted by molar-refractivity contribution is 5.79. The van der Waals surface area contributed by atoms with Crippen molar-refractivity contribution in [3.05, 3.63) is 35.4 Å². The first-order valence-electron chi connectivity index (χ1n) is 14.1. The summed E-state index contributed by atoms with van der Waals surface area (Å²) in [6, 6.07) is 5.43. The molecule has 0 aromatic heterocycles. The molecule has 1 saturated heterocycles. The van der Waals surface area contributed by atoms with E-state index >= 15 is 0 Å². The van der Waals surface area contributed by atoms with Crippen LogP contribution in [0.5, 0.6) is 11.5 Å². The smallest absolute Gasteiger partial charge is 0.308 e. The lowest BCUT2D eigenvalue weighted by molar-refractivity contribution is -0.144. The summed E-state index contributed by atoms with van der Waals surface area (Å²) >= 11 is 0. The molecule has 1 aromatic rings. The van der Waals surface area contributed by atoms with Crippen LogP contribution in [0.3, 0.4) is 0 Å². The van der Waals surface area contributed by atoms with Crippen LogP contribution in [-0.2, 0) is 9.59 Å². The van der Waals surface area contributed by atoms with Gasteiger partial charge in [0.1, 0.15) is 0 Å². The molecule has 212 valence electrons. The fourth-order valence-corrected chi connectivity index (χ4v) is 6.04. The van der Waals surface area contributed by atoms with Gasteiger partial charge in [0.25, 0.3) is 0 Å². The zero-order valence-corrected chi connectivity index (χ0v) is 23.9. The van der Waals surface area contributed by atoms with Crippen molar-refractivity contribution in [1.29, 1.82) is 0 Å². The second kappa shape index (κ2) is 13.5. The maximum absolute atomic E-state index is 13.6. The van der Waals surface area contributed by atoms with Crippen molar-refractivity contribution in [1.82, 2.24) is 9.80 Å². The van der Waals surface area contributed by atoms with E-state index in [1.54, 1.807) is 0 Å². The number of benzene rings is 1. The second-order valence-electron chi connectivity index (χ2n) is 11.7.